The molecule has 0 saturated heterocycles. The molecule has 150 valence electrons. The minimum absolute atomic E-state index is 0.216. The Kier molecular flexibility index (Phi) is 5.12. The number of carbonyl (C=O) groups excluding carboxylic acids is 1. The van der Waals surface area contributed by atoms with E-state index in [1.165, 1.54) is 0 Å². The molecule has 0 radical (unpaired) electrons. The van der Waals surface area contributed by atoms with E-state index in [4.69, 9.17) is 14.2 Å². The molecule has 4 rings (SSSR count). The van der Waals surface area contributed by atoms with Crippen molar-refractivity contribution in [3.63, 3.8) is 0 Å². The van der Waals surface area contributed by atoms with E-state index in [1.807, 2.05) is 49.5 Å². The van der Waals surface area contributed by atoms with Crippen molar-refractivity contribution in [1.82, 2.24) is 15.1 Å². The van der Waals surface area contributed by atoms with Gasteiger partial charge in [0.2, 0.25) is 0 Å². The van der Waals surface area contributed by atoms with Gasteiger partial charge in [-0.05, 0) is 42.3 Å². The van der Waals surface area contributed by atoms with Crippen LogP contribution in [0, 0.1) is 0 Å². The summed E-state index contributed by atoms with van der Waals surface area (Å²) in [5, 5.41) is 7.41. The number of benzene rings is 2. The van der Waals surface area contributed by atoms with Crippen molar-refractivity contribution in [3.05, 3.63) is 59.3 Å². The zero-order chi connectivity index (χ0) is 20.4. The molecule has 0 bridgehead atoms. The van der Waals surface area contributed by atoms with Gasteiger partial charge in [0.05, 0.1) is 19.9 Å². The van der Waals surface area contributed by atoms with Crippen molar-refractivity contribution in [3.8, 4) is 28.5 Å². The number of fused-ring (bicyclic) bond motifs is 3. The number of para-hydroxylation sites is 1. The van der Waals surface area contributed by atoms with Gasteiger partial charge in [0, 0.05) is 24.7 Å². The van der Waals surface area contributed by atoms with Crippen molar-refractivity contribution in [2.75, 3.05) is 20.8 Å². The van der Waals surface area contributed by atoms with Crippen LogP contribution < -0.4 is 19.5 Å². The SMILES string of the molecule is COc1ccc(OC)c(CCNC(=O)c2nn(C)c3c2COc2ccccc2-3)c1. The highest BCUT2D eigenvalue weighted by Gasteiger charge is 2.28. The highest BCUT2D eigenvalue weighted by atomic mass is 16.5. The molecule has 3 aromatic rings. The number of hydrogen-bond acceptors (Lipinski definition) is 5. The standard InChI is InChI=1S/C22H23N3O4/c1-25-21-16-6-4-5-7-19(16)29-13-17(21)20(24-25)22(26)23-11-10-14-12-15(27-2)8-9-18(14)28-3/h4-9,12H,10-11,13H2,1-3H3,(H,23,26). The second-order valence-corrected chi connectivity index (χ2v) is 6.77. The normalized spacial score (nSPS) is 11.8. The predicted molar refractivity (Wildman–Crippen MR) is 109 cm³/mol. The summed E-state index contributed by atoms with van der Waals surface area (Å²) >= 11 is 0. The molecule has 2 aromatic carbocycles. The fourth-order valence-electron chi connectivity index (χ4n) is 3.63. The highest BCUT2D eigenvalue weighted by Crippen LogP contribution is 2.38. The Bertz CT molecular complexity index is 1060. The van der Waals surface area contributed by atoms with Crippen LogP contribution in [0.25, 0.3) is 11.3 Å². The van der Waals surface area contributed by atoms with E-state index in [9.17, 15) is 4.79 Å². The second-order valence-electron chi connectivity index (χ2n) is 6.77. The van der Waals surface area contributed by atoms with Crippen LogP contribution in [-0.4, -0.2) is 36.5 Å². The minimum atomic E-state index is -0.216. The topological polar surface area (TPSA) is 74.6 Å². The van der Waals surface area contributed by atoms with E-state index >= 15 is 0 Å². The number of hydrogen-bond donors (Lipinski definition) is 1. The Labute approximate surface area is 169 Å². The van der Waals surface area contributed by atoms with E-state index < -0.39 is 0 Å². The smallest absolute Gasteiger partial charge is 0.272 e. The monoisotopic (exact) mass is 393 g/mol. The zero-order valence-corrected chi connectivity index (χ0v) is 16.7. The Morgan fingerprint density at radius 1 is 1.21 bits per heavy atom. The Morgan fingerprint density at radius 2 is 2.03 bits per heavy atom. The first kappa shape index (κ1) is 18.9. The number of rotatable bonds is 6. The van der Waals surface area contributed by atoms with Gasteiger partial charge in [-0.3, -0.25) is 9.48 Å². The van der Waals surface area contributed by atoms with E-state index in [0.29, 0.717) is 25.3 Å². The zero-order valence-electron chi connectivity index (χ0n) is 16.7. The lowest BCUT2D eigenvalue weighted by molar-refractivity contribution is 0.0946. The van der Waals surface area contributed by atoms with Crippen molar-refractivity contribution in [2.45, 2.75) is 13.0 Å². The highest BCUT2D eigenvalue weighted by molar-refractivity contribution is 5.96. The summed E-state index contributed by atoms with van der Waals surface area (Å²) < 4.78 is 18.2. The number of carbonyl (C=O) groups is 1. The summed E-state index contributed by atoms with van der Waals surface area (Å²) in [6, 6.07) is 13.4. The van der Waals surface area contributed by atoms with Crippen molar-refractivity contribution in [2.24, 2.45) is 7.05 Å². The molecule has 1 aromatic heterocycles. The van der Waals surface area contributed by atoms with Crippen LogP contribution in [0.4, 0.5) is 0 Å². The first-order valence-corrected chi connectivity index (χ1v) is 9.39. The molecule has 2 heterocycles. The van der Waals surface area contributed by atoms with Crippen molar-refractivity contribution in [1.29, 1.82) is 0 Å². The van der Waals surface area contributed by atoms with E-state index in [-0.39, 0.29) is 5.91 Å². The molecule has 0 unspecified atom stereocenters. The van der Waals surface area contributed by atoms with Crippen LogP contribution in [0.3, 0.4) is 0 Å². The van der Waals surface area contributed by atoms with Crippen molar-refractivity contribution >= 4 is 5.91 Å². The molecule has 0 spiro atoms. The molecular weight excluding hydrogens is 370 g/mol. The van der Waals surface area contributed by atoms with E-state index in [0.717, 1.165) is 39.6 Å². The molecule has 0 fully saturated rings. The number of methoxy groups -OCH3 is 2. The third-order valence-corrected chi connectivity index (χ3v) is 5.04. The third-order valence-electron chi connectivity index (χ3n) is 5.04. The van der Waals surface area contributed by atoms with Gasteiger partial charge in [0.1, 0.15) is 23.9 Å². The van der Waals surface area contributed by atoms with Crippen LogP contribution in [0.5, 0.6) is 17.2 Å². The van der Waals surface area contributed by atoms with Crippen LogP contribution in [0.15, 0.2) is 42.5 Å². The van der Waals surface area contributed by atoms with Gasteiger partial charge in [-0.25, -0.2) is 0 Å². The fraction of sp³-hybridized carbons (Fsp3) is 0.273. The lowest BCUT2D eigenvalue weighted by Crippen LogP contribution is -2.27. The van der Waals surface area contributed by atoms with Crippen LogP contribution in [0.1, 0.15) is 21.6 Å². The Balaban J connectivity index is 1.50. The van der Waals surface area contributed by atoms with Crippen LogP contribution in [-0.2, 0) is 20.1 Å². The van der Waals surface area contributed by atoms with E-state index in [1.54, 1.807) is 18.9 Å². The number of aryl methyl sites for hydroxylation is 1. The molecule has 1 N–H and O–H groups in total. The average Bonchev–Trinajstić information content (AvgIpc) is 3.10. The first-order valence-electron chi connectivity index (χ1n) is 9.39. The van der Waals surface area contributed by atoms with Gasteiger partial charge >= 0.3 is 0 Å². The molecule has 1 amide bonds. The second kappa shape index (κ2) is 7.87. The van der Waals surface area contributed by atoms with Gasteiger partial charge in [0.15, 0.2) is 5.69 Å². The quantitative estimate of drug-likeness (QED) is 0.697. The van der Waals surface area contributed by atoms with Crippen molar-refractivity contribution < 1.29 is 19.0 Å². The number of ether oxygens (including phenoxy) is 3. The van der Waals surface area contributed by atoms with Gasteiger partial charge in [-0.1, -0.05) is 12.1 Å². The minimum Gasteiger partial charge on any atom is -0.497 e. The third kappa shape index (κ3) is 3.51. The fourth-order valence-corrected chi connectivity index (χ4v) is 3.63. The van der Waals surface area contributed by atoms with E-state index in [2.05, 4.69) is 10.4 Å². The van der Waals surface area contributed by atoms with Gasteiger partial charge in [0.25, 0.3) is 5.91 Å². The molecule has 0 aliphatic carbocycles. The number of nitrogens with one attached hydrogen (secondary N) is 1. The summed E-state index contributed by atoms with van der Waals surface area (Å²) in [6.45, 7) is 0.776. The summed E-state index contributed by atoms with van der Waals surface area (Å²) in [7, 11) is 5.10. The maximum absolute atomic E-state index is 12.8. The molecule has 1 aliphatic rings. The molecular formula is C22H23N3O4. The van der Waals surface area contributed by atoms with Crippen LogP contribution in [0.2, 0.25) is 0 Å². The van der Waals surface area contributed by atoms with Gasteiger partial charge in [-0.2, -0.15) is 5.10 Å². The molecule has 1 aliphatic heterocycles. The molecule has 7 nitrogen and oxygen atoms in total. The van der Waals surface area contributed by atoms with Gasteiger partial charge < -0.3 is 19.5 Å². The summed E-state index contributed by atoms with van der Waals surface area (Å²) in [5.74, 6) is 2.11. The molecule has 29 heavy (non-hydrogen) atoms. The summed E-state index contributed by atoms with van der Waals surface area (Å²) in [6.07, 6.45) is 0.612. The van der Waals surface area contributed by atoms with Crippen LogP contribution >= 0.6 is 0 Å². The molecule has 0 atom stereocenters. The number of aromatic nitrogens is 2. The first-order chi connectivity index (χ1) is 14.1. The maximum Gasteiger partial charge on any atom is 0.272 e. The summed E-state index contributed by atoms with van der Waals surface area (Å²) in [5.41, 5.74) is 4.04. The average molecular weight is 393 g/mol. The summed E-state index contributed by atoms with van der Waals surface area (Å²) in [4.78, 5) is 12.8. The Morgan fingerprint density at radius 3 is 2.83 bits per heavy atom. The van der Waals surface area contributed by atoms with Gasteiger partial charge in [-0.15, -0.1) is 0 Å². The molecule has 0 saturated carbocycles. The lowest BCUT2D eigenvalue weighted by atomic mass is 10.0. The number of nitrogens with zero attached hydrogens (tertiary/aromatic N) is 2. The predicted octanol–water partition coefficient (Wildman–Crippen LogP) is 2.97. The molecule has 7 heteroatoms. The Hall–Kier alpha value is -3.48. The largest absolute Gasteiger partial charge is 0.497 e. The number of amides is 1. The lowest BCUT2D eigenvalue weighted by Gasteiger charge is -2.18. The maximum atomic E-state index is 12.8.